The maximum absolute atomic E-state index is 12.1. The van der Waals surface area contributed by atoms with Crippen molar-refractivity contribution in [3.05, 3.63) is 60.7 Å². The molecule has 0 aliphatic carbocycles. The van der Waals surface area contributed by atoms with Gasteiger partial charge in [-0.25, -0.2) is 0 Å². The normalized spacial score (nSPS) is 21.0. The van der Waals surface area contributed by atoms with Crippen molar-refractivity contribution in [2.75, 3.05) is 6.61 Å². The van der Waals surface area contributed by atoms with Gasteiger partial charge in [-0.05, 0) is 15.4 Å². The zero-order chi connectivity index (χ0) is 19.5. The minimum Gasteiger partial charge on any atom is -0.460 e. The second-order valence-electron chi connectivity index (χ2n) is 8.14. The van der Waals surface area contributed by atoms with Gasteiger partial charge >= 0.3 is 5.97 Å². The van der Waals surface area contributed by atoms with Gasteiger partial charge in [-0.2, -0.15) is 0 Å². The number of benzene rings is 2. The van der Waals surface area contributed by atoms with E-state index in [0.29, 0.717) is 6.42 Å². The number of carbonyl (C=O) groups is 1. The van der Waals surface area contributed by atoms with Crippen LogP contribution in [0.2, 0.25) is 5.04 Å². The van der Waals surface area contributed by atoms with Crippen molar-refractivity contribution >= 4 is 24.7 Å². The van der Waals surface area contributed by atoms with Crippen molar-refractivity contribution in [1.29, 1.82) is 0 Å². The molecule has 1 fully saturated rings. The number of hydrogen-bond acceptors (Lipinski definition) is 4. The molecule has 0 radical (unpaired) electrons. The molecule has 3 rings (SSSR count). The third kappa shape index (κ3) is 4.00. The van der Waals surface area contributed by atoms with Crippen LogP contribution in [0.15, 0.2) is 60.7 Å². The van der Waals surface area contributed by atoms with Crippen LogP contribution in [-0.4, -0.2) is 38.2 Å². The van der Waals surface area contributed by atoms with Gasteiger partial charge in [0.15, 0.2) is 0 Å². The van der Waals surface area contributed by atoms with Gasteiger partial charge in [-0.15, -0.1) is 0 Å². The number of ether oxygens (including phenoxy) is 1. The number of cyclic esters (lactones) is 1. The molecule has 144 valence electrons. The van der Waals surface area contributed by atoms with Crippen LogP contribution in [0.3, 0.4) is 0 Å². The molecule has 2 aromatic rings. The summed E-state index contributed by atoms with van der Waals surface area (Å²) in [5.41, 5.74) is 0. The van der Waals surface area contributed by atoms with E-state index in [2.05, 4.69) is 45.0 Å². The molecule has 2 aromatic carbocycles. The van der Waals surface area contributed by atoms with E-state index in [4.69, 9.17) is 9.16 Å². The highest BCUT2D eigenvalue weighted by atomic mass is 28.4. The summed E-state index contributed by atoms with van der Waals surface area (Å²) in [7, 11) is -2.70. The summed E-state index contributed by atoms with van der Waals surface area (Å²) in [6.45, 7) is 6.46. The molecule has 4 nitrogen and oxygen atoms in total. The number of hydrogen-bond donors (Lipinski definition) is 1. The van der Waals surface area contributed by atoms with Crippen LogP contribution in [0.25, 0.3) is 0 Å². The fourth-order valence-electron chi connectivity index (χ4n) is 3.99. The van der Waals surface area contributed by atoms with E-state index in [1.165, 1.54) is 10.4 Å². The van der Waals surface area contributed by atoms with Gasteiger partial charge in [0.2, 0.25) is 0 Å². The van der Waals surface area contributed by atoms with Gasteiger partial charge in [0.05, 0.1) is 19.1 Å². The Kier molecular flexibility index (Phi) is 5.84. The average molecular weight is 385 g/mol. The summed E-state index contributed by atoms with van der Waals surface area (Å²) in [4.78, 5) is 12.1. The summed E-state index contributed by atoms with van der Waals surface area (Å²) in [6.07, 6.45) is -0.0162. The zero-order valence-corrected chi connectivity index (χ0v) is 17.2. The molecule has 1 aliphatic heterocycles. The first-order valence-corrected chi connectivity index (χ1v) is 11.4. The second-order valence-corrected chi connectivity index (χ2v) is 12.4. The molecule has 0 bridgehead atoms. The van der Waals surface area contributed by atoms with Crippen LogP contribution >= 0.6 is 0 Å². The Balaban J connectivity index is 2.11. The topological polar surface area (TPSA) is 55.8 Å². The van der Waals surface area contributed by atoms with Gasteiger partial charge < -0.3 is 14.3 Å². The Bertz CT molecular complexity index is 715. The van der Waals surface area contributed by atoms with Crippen molar-refractivity contribution in [3.63, 3.8) is 0 Å². The smallest absolute Gasteiger partial charge is 0.308 e. The third-order valence-electron chi connectivity index (χ3n) is 5.18. The van der Waals surface area contributed by atoms with Crippen LogP contribution in [0, 0.1) is 0 Å². The molecule has 27 heavy (non-hydrogen) atoms. The maximum Gasteiger partial charge on any atom is 0.308 e. The van der Waals surface area contributed by atoms with Crippen molar-refractivity contribution in [1.82, 2.24) is 0 Å². The standard InChI is InChI=1S/C22H28O4Si/c1-22(2,3)27(19-10-6-4-7-11-19,20-12-8-5-9-13-20)26-17-14-18(16-23)25-21(24)15-17/h4-13,17-18,23H,14-16H2,1-3H3/t17-,18+/m1/s1. The third-order valence-corrected chi connectivity index (χ3v) is 10.3. The molecule has 2 atom stereocenters. The summed E-state index contributed by atoms with van der Waals surface area (Å²) in [5, 5.41) is 11.7. The summed E-state index contributed by atoms with van der Waals surface area (Å²) >= 11 is 0. The Morgan fingerprint density at radius 3 is 2.00 bits per heavy atom. The van der Waals surface area contributed by atoms with Crippen molar-refractivity contribution in [2.45, 2.75) is 50.9 Å². The fourth-order valence-corrected chi connectivity index (χ4v) is 8.68. The van der Waals surface area contributed by atoms with Gasteiger partial charge in [0.1, 0.15) is 6.10 Å². The van der Waals surface area contributed by atoms with Gasteiger partial charge in [-0.3, -0.25) is 4.79 Å². The van der Waals surface area contributed by atoms with E-state index in [9.17, 15) is 9.90 Å². The summed E-state index contributed by atoms with van der Waals surface area (Å²) in [5.74, 6) is -0.303. The monoisotopic (exact) mass is 384 g/mol. The minimum atomic E-state index is -2.70. The first-order chi connectivity index (χ1) is 12.9. The number of rotatable bonds is 5. The van der Waals surface area contributed by atoms with Crippen LogP contribution in [0.1, 0.15) is 33.6 Å². The van der Waals surface area contributed by atoms with E-state index in [-0.39, 0.29) is 30.1 Å². The Morgan fingerprint density at radius 2 is 1.56 bits per heavy atom. The highest BCUT2D eigenvalue weighted by molar-refractivity contribution is 6.99. The SMILES string of the molecule is CC(C)(C)[Si](O[C@H]1CC(=O)O[C@H](CO)C1)(c1ccccc1)c1ccccc1. The molecular formula is C22H28O4Si. The summed E-state index contributed by atoms with van der Waals surface area (Å²) in [6, 6.07) is 20.7. The van der Waals surface area contributed by atoms with E-state index in [0.717, 1.165) is 0 Å². The van der Waals surface area contributed by atoms with Gasteiger partial charge in [0.25, 0.3) is 8.32 Å². The predicted molar refractivity (Wildman–Crippen MR) is 109 cm³/mol. The minimum absolute atomic E-state index is 0.147. The van der Waals surface area contributed by atoms with Gasteiger partial charge in [0, 0.05) is 6.42 Å². The molecular weight excluding hydrogens is 356 g/mol. The van der Waals surface area contributed by atoms with Crippen molar-refractivity contribution < 1.29 is 19.1 Å². The van der Waals surface area contributed by atoms with E-state index < -0.39 is 14.4 Å². The van der Waals surface area contributed by atoms with E-state index >= 15 is 0 Å². The Labute approximate surface area is 162 Å². The molecule has 0 spiro atoms. The van der Waals surface area contributed by atoms with Gasteiger partial charge in [-0.1, -0.05) is 81.4 Å². The lowest BCUT2D eigenvalue weighted by molar-refractivity contribution is -0.161. The molecule has 0 unspecified atom stereocenters. The lowest BCUT2D eigenvalue weighted by Gasteiger charge is -2.46. The molecule has 1 heterocycles. The lowest BCUT2D eigenvalue weighted by Crippen LogP contribution is -2.68. The zero-order valence-electron chi connectivity index (χ0n) is 16.2. The molecule has 0 aromatic heterocycles. The van der Waals surface area contributed by atoms with E-state index in [1.54, 1.807) is 0 Å². The largest absolute Gasteiger partial charge is 0.460 e. The molecule has 1 N–H and O–H groups in total. The molecule has 5 heteroatoms. The lowest BCUT2D eigenvalue weighted by atomic mass is 10.1. The predicted octanol–water partition coefficient (Wildman–Crippen LogP) is 2.63. The van der Waals surface area contributed by atoms with Crippen LogP contribution in [-0.2, 0) is 14.0 Å². The first kappa shape index (κ1) is 19.8. The van der Waals surface area contributed by atoms with E-state index in [1.807, 2.05) is 36.4 Å². The fraction of sp³-hybridized carbons (Fsp3) is 0.409. The average Bonchev–Trinajstić information content (AvgIpc) is 2.66. The van der Waals surface area contributed by atoms with Crippen LogP contribution < -0.4 is 10.4 Å². The van der Waals surface area contributed by atoms with Crippen molar-refractivity contribution in [2.24, 2.45) is 0 Å². The Morgan fingerprint density at radius 1 is 1.04 bits per heavy atom. The first-order valence-electron chi connectivity index (χ1n) is 9.46. The number of esters is 1. The van der Waals surface area contributed by atoms with Crippen LogP contribution in [0.4, 0.5) is 0 Å². The molecule has 1 aliphatic rings. The van der Waals surface area contributed by atoms with Crippen LogP contribution in [0.5, 0.6) is 0 Å². The summed E-state index contributed by atoms with van der Waals surface area (Å²) < 4.78 is 12.2. The number of aliphatic hydroxyl groups excluding tert-OH is 1. The molecule has 0 saturated carbocycles. The second kappa shape index (κ2) is 7.96. The number of aliphatic hydroxyl groups is 1. The quantitative estimate of drug-likeness (QED) is 0.636. The molecule has 1 saturated heterocycles. The highest BCUT2D eigenvalue weighted by Gasteiger charge is 2.52. The molecule has 0 amide bonds. The van der Waals surface area contributed by atoms with Crippen molar-refractivity contribution in [3.8, 4) is 0 Å². The maximum atomic E-state index is 12.1. The number of carbonyl (C=O) groups excluding carboxylic acids is 1. The highest BCUT2D eigenvalue weighted by Crippen LogP contribution is 2.38. The Hall–Kier alpha value is -1.95.